The summed E-state index contributed by atoms with van der Waals surface area (Å²) in [6.45, 7) is 2.29. The molecule has 21 heavy (non-hydrogen) atoms. The van der Waals surface area contributed by atoms with Crippen molar-refractivity contribution in [3.8, 4) is 0 Å². The molecule has 1 aromatic carbocycles. The van der Waals surface area contributed by atoms with Crippen LogP contribution in [-0.4, -0.2) is 55.5 Å². The predicted octanol–water partition coefficient (Wildman–Crippen LogP) is 1.89. The van der Waals surface area contributed by atoms with Crippen LogP contribution < -0.4 is 11.1 Å². The van der Waals surface area contributed by atoms with Crippen LogP contribution in [-0.2, 0) is 4.79 Å². The van der Waals surface area contributed by atoms with Gasteiger partial charge in [-0.25, -0.2) is 0 Å². The third-order valence-corrected chi connectivity index (χ3v) is 4.16. The number of nitrogens with two attached hydrogens (primary N) is 1. The molecule has 6 heteroatoms. The van der Waals surface area contributed by atoms with E-state index < -0.39 is 0 Å². The van der Waals surface area contributed by atoms with Gasteiger partial charge in [0.25, 0.3) is 0 Å². The lowest BCUT2D eigenvalue weighted by molar-refractivity contribution is -0.117. The number of rotatable bonds is 4. The summed E-state index contributed by atoms with van der Waals surface area (Å²) in [5.74, 6) is -0.0407. The van der Waals surface area contributed by atoms with E-state index in [2.05, 4.69) is 29.2 Å². The molecule has 0 bridgehead atoms. The quantitative estimate of drug-likeness (QED) is 0.834. The summed E-state index contributed by atoms with van der Waals surface area (Å²) >= 11 is 6.07. The Bertz CT molecular complexity index is 506. The monoisotopic (exact) mass is 310 g/mol. The van der Waals surface area contributed by atoms with E-state index in [0.717, 1.165) is 19.5 Å². The van der Waals surface area contributed by atoms with Gasteiger partial charge in [0.15, 0.2) is 0 Å². The molecule has 0 aliphatic carbocycles. The van der Waals surface area contributed by atoms with Crippen molar-refractivity contribution in [3.63, 3.8) is 0 Å². The first-order valence-electron chi connectivity index (χ1n) is 7.19. The summed E-state index contributed by atoms with van der Waals surface area (Å²) in [6, 6.07) is 5.62. The number of nitrogens with one attached hydrogen (secondary N) is 1. The first-order valence-corrected chi connectivity index (χ1v) is 7.57. The summed E-state index contributed by atoms with van der Waals surface area (Å²) in [5, 5.41) is 3.31. The van der Waals surface area contributed by atoms with Crippen LogP contribution in [0, 0.1) is 0 Å². The molecular formula is C15H23ClN4O. The van der Waals surface area contributed by atoms with Gasteiger partial charge in [-0.3, -0.25) is 9.69 Å². The molecule has 5 nitrogen and oxygen atoms in total. The number of anilines is 2. The summed E-state index contributed by atoms with van der Waals surface area (Å²) in [5.41, 5.74) is 6.84. The van der Waals surface area contributed by atoms with Gasteiger partial charge in [-0.15, -0.1) is 0 Å². The fraction of sp³-hybridized carbons (Fsp3) is 0.533. The third-order valence-electron chi connectivity index (χ3n) is 3.85. The molecule has 3 N–H and O–H groups in total. The van der Waals surface area contributed by atoms with Gasteiger partial charge in [-0.2, -0.15) is 0 Å². The van der Waals surface area contributed by atoms with Gasteiger partial charge in [0, 0.05) is 18.3 Å². The average molecular weight is 311 g/mol. The Labute approximate surface area is 131 Å². The Balaban J connectivity index is 1.89. The minimum atomic E-state index is -0.0407. The van der Waals surface area contributed by atoms with Crippen molar-refractivity contribution in [1.82, 2.24) is 9.80 Å². The molecule has 1 aromatic rings. The molecule has 0 aromatic heterocycles. The maximum atomic E-state index is 12.1. The molecule has 2 rings (SSSR count). The number of piperidine rings is 1. The molecule has 116 valence electrons. The molecule has 1 heterocycles. The Kier molecular flexibility index (Phi) is 5.45. The van der Waals surface area contributed by atoms with Crippen LogP contribution in [0.2, 0.25) is 5.02 Å². The Morgan fingerprint density at radius 1 is 1.52 bits per heavy atom. The maximum Gasteiger partial charge on any atom is 0.238 e. The Morgan fingerprint density at radius 2 is 2.29 bits per heavy atom. The van der Waals surface area contributed by atoms with Crippen molar-refractivity contribution in [3.05, 3.63) is 23.2 Å². The highest BCUT2D eigenvalue weighted by molar-refractivity contribution is 6.34. The number of nitrogen functional groups attached to an aromatic ring is 1. The fourth-order valence-electron chi connectivity index (χ4n) is 2.62. The normalized spacial score (nSPS) is 19.7. The molecule has 1 unspecified atom stereocenters. The van der Waals surface area contributed by atoms with Gasteiger partial charge in [0.2, 0.25) is 5.91 Å². The van der Waals surface area contributed by atoms with Gasteiger partial charge < -0.3 is 16.0 Å². The van der Waals surface area contributed by atoms with Crippen LogP contribution in [0.1, 0.15) is 12.8 Å². The molecule has 1 saturated heterocycles. The molecule has 0 spiro atoms. The minimum Gasteiger partial charge on any atom is -0.399 e. The number of halogens is 1. The van der Waals surface area contributed by atoms with Crippen LogP contribution in [0.3, 0.4) is 0 Å². The summed E-state index contributed by atoms with van der Waals surface area (Å²) in [4.78, 5) is 16.6. The first kappa shape index (κ1) is 16.1. The second-order valence-electron chi connectivity index (χ2n) is 5.78. The zero-order chi connectivity index (χ0) is 15.4. The van der Waals surface area contributed by atoms with Crippen molar-refractivity contribution in [2.75, 3.05) is 44.8 Å². The number of carbonyl (C=O) groups is 1. The molecule has 1 aliphatic heterocycles. The number of amides is 1. The van der Waals surface area contributed by atoms with E-state index in [1.54, 1.807) is 18.2 Å². The standard InChI is InChI=1S/C15H23ClN4O/c1-19(2)12-4-3-7-20(9-12)10-15(21)18-14-6-5-11(17)8-13(14)16/h5-6,8,12H,3-4,7,9-10,17H2,1-2H3,(H,18,21). The molecule has 1 amide bonds. The average Bonchev–Trinajstić information content (AvgIpc) is 2.42. The molecule has 0 radical (unpaired) electrons. The van der Waals surface area contributed by atoms with E-state index in [1.165, 1.54) is 6.42 Å². The third kappa shape index (κ3) is 4.59. The fourth-order valence-corrected chi connectivity index (χ4v) is 2.86. The van der Waals surface area contributed by atoms with Crippen LogP contribution in [0.15, 0.2) is 18.2 Å². The number of benzene rings is 1. The van der Waals surface area contributed by atoms with Gasteiger partial charge in [-0.05, 0) is 51.7 Å². The van der Waals surface area contributed by atoms with Gasteiger partial charge in [-0.1, -0.05) is 11.6 Å². The highest BCUT2D eigenvalue weighted by atomic mass is 35.5. The molecule has 0 saturated carbocycles. The van der Waals surface area contributed by atoms with Gasteiger partial charge >= 0.3 is 0 Å². The van der Waals surface area contributed by atoms with E-state index in [-0.39, 0.29) is 5.91 Å². The Morgan fingerprint density at radius 3 is 2.95 bits per heavy atom. The lowest BCUT2D eigenvalue weighted by atomic mass is 10.1. The van der Waals surface area contributed by atoms with E-state index in [9.17, 15) is 4.79 Å². The van der Waals surface area contributed by atoms with E-state index in [1.807, 2.05) is 0 Å². The highest BCUT2D eigenvalue weighted by Crippen LogP contribution is 2.24. The second-order valence-corrected chi connectivity index (χ2v) is 6.19. The number of nitrogens with zero attached hydrogens (tertiary/aromatic N) is 2. The highest BCUT2D eigenvalue weighted by Gasteiger charge is 2.22. The number of likely N-dealkylation sites (N-methyl/N-ethyl adjacent to an activating group) is 1. The molecule has 1 atom stereocenters. The number of hydrogen-bond acceptors (Lipinski definition) is 4. The number of hydrogen-bond donors (Lipinski definition) is 2. The summed E-state index contributed by atoms with van der Waals surface area (Å²) in [7, 11) is 4.17. The summed E-state index contributed by atoms with van der Waals surface area (Å²) < 4.78 is 0. The maximum absolute atomic E-state index is 12.1. The lowest BCUT2D eigenvalue weighted by Gasteiger charge is -2.35. The first-order chi connectivity index (χ1) is 9.95. The van der Waals surface area contributed by atoms with Crippen molar-refractivity contribution in [2.24, 2.45) is 0 Å². The zero-order valence-corrected chi connectivity index (χ0v) is 13.4. The largest absolute Gasteiger partial charge is 0.399 e. The summed E-state index contributed by atoms with van der Waals surface area (Å²) in [6.07, 6.45) is 2.31. The van der Waals surface area contributed by atoms with Crippen LogP contribution in [0.5, 0.6) is 0 Å². The van der Waals surface area contributed by atoms with Crippen molar-refractivity contribution >= 4 is 28.9 Å². The molecule has 1 fully saturated rings. The SMILES string of the molecule is CN(C)C1CCCN(CC(=O)Nc2ccc(N)cc2Cl)C1. The van der Waals surface area contributed by atoms with E-state index in [0.29, 0.717) is 29.0 Å². The van der Waals surface area contributed by atoms with Crippen LogP contribution >= 0.6 is 11.6 Å². The second kappa shape index (κ2) is 7.11. The van der Waals surface area contributed by atoms with Gasteiger partial charge in [0.05, 0.1) is 17.3 Å². The predicted molar refractivity (Wildman–Crippen MR) is 87.6 cm³/mol. The zero-order valence-electron chi connectivity index (χ0n) is 12.6. The van der Waals surface area contributed by atoms with Crippen molar-refractivity contribution < 1.29 is 4.79 Å². The van der Waals surface area contributed by atoms with E-state index >= 15 is 0 Å². The van der Waals surface area contributed by atoms with E-state index in [4.69, 9.17) is 17.3 Å². The molecular weight excluding hydrogens is 288 g/mol. The van der Waals surface area contributed by atoms with Gasteiger partial charge in [0.1, 0.15) is 0 Å². The van der Waals surface area contributed by atoms with Crippen molar-refractivity contribution in [1.29, 1.82) is 0 Å². The minimum absolute atomic E-state index is 0.0407. The van der Waals surface area contributed by atoms with Crippen LogP contribution in [0.4, 0.5) is 11.4 Å². The topological polar surface area (TPSA) is 61.6 Å². The molecule has 1 aliphatic rings. The number of likely N-dealkylation sites (tertiary alicyclic amines) is 1. The van der Waals surface area contributed by atoms with Crippen LogP contribution in [0.25, 0.3) is 0 Å². The van der Waals surface area contributed by atoms with Crippen molar-refractivity contribution in [2.45, 2.75) is 18.9 Å². The lowest BCUT2D eigenvalue weighted by Crippen LogP contribution is -2.47. The Hall–Kier alpha value is -1.30. The smallest absolute Gasteiger partial charge is 0.238 e. The number of carbonyl (C=O) groups excluding carboxylic acids is 1.